The van der Waals surface area contributed by atoms with Gasteiger partial charge in [-0.05, 0) is 42.7 Å². The van der Waals surface area contributed by atoms with Gasteiger partial charge < -0.3 is 19.1 Å². The lowest BCUT2D eigenvalue weighted by Gasteiger charge is -2.17. The van der Waals surface area contributed by atoms with Crippen molar-refractivity contribution in [2.24, 2.45) is 0 Å². The molecule has 3 rings (SSSR count). The average Bonchev–Trinajstić information content (AvgIpc) is 3.29. The summed E-state index contributed by atoms with van der Waals surface area (Å²) in [7, 11) is 0. The van der Waals surface area contributed by atoms with E-state index in [9.17, 15) is 4.79 Å². The molecule has 1 amide bonds. The molecule has 0 unspecified atom stereocenters. The van der Waals surface area contributed by atoms with Gasteiger partial charge in [-0.3, -0.25) is 4.79 Å². The first-order valence-corrected chi connectivity index (χ1v) is 9.28. The molecular formula is C19H21N2O3S+. The fourth-order valence-electron chi connectivity index (χ4n) is 2.68. The van der Waals surface area contributed by atoms with Crippen molar-refractivity contribution >= 4 is 23.4 Å². The standard InChI is InChI=1S/C19H20N2O3S/c1-25-18-9-3-2-8-17(18)20-19(22)14-21(12-15-6-4-10-23-15)13-16-7-5-11-24-16/h2-11H,12-14H2,1H3,(H,20,22)/p+1. The molecule has 2 aromatic heterocycles. The number of thioether (sulfide) groups is 1. The molecule has 0 aliphatic heterocycles. The molecule has 0 fully saturated rings. The second-order valence-electron chi connectivity index (χ2n) is 5.69. The molecule has 0 spiro atoms. The van der Waals surface area contributed by atoms with Crippen LogP contribution >= 0.6 is 11.8 Å². The first-order valence-electron chi connectivity index (χ1n) is 8.06. The molecule has 0 aliphatic carbocycles. The van der Waals surface area contributed by atoms with Crippen molar-refractivity contribution in [3.8, 4) is 0 Å². The van der Waals surface area contributed by atoms with Crippen LogP contribution in [0.1, 0.15) is 11.5 Å². The Morgan fingerprint density at radius 2 is 1.64 bits per heavy atom. The Bertz CT molecular complexity index is 749. The number of rotatable bonds is 8. The summed E-state index contributed by atoms with van der Waals surface area (Å²) in [6, 6.07) is 15.4. The molecule has 0 radical (unpaired) electrons. The van der Waals surface area contributed by atoms with E-state index in [1.54, 1.807) is 24.3 Å². The summed E-state index contributed by atoms with van der Waals surface area (Å²) in [4.78, 5) is 14.6. The van der Waals surface area contributed by atoms with Gasteiger partial charge in [-0.25, -0.2) is 0 Å². The predicted molar refractivity (Wildman–Crippen MR) is 97.5 cm³/mol. The fourth-order valence-corrected chi connectivity index (χ4v) is 3.23. The van der Waals surface area contributed by atoms with E-state index in [0.717, 1.165) is 27.0 Å². The van der Waals surface area contributed by atoms with Crippen LogP contribution in [0, 0.1) is 0 Å². The molecule has 2 heterocycles. The highest BCUT2D eigenvalue weighted by Crippen LogP contribution is 2.24. The first kappa shape index (κ1) is 17.4. The smallest absolute Gasteiger partial charge is 0.279 e. The largest absolute Gasteiger partial charge is 0.463 e. The third kappa shape index (κ3) is 5.01. The van der Waals surface area contributed by atoms with Crippen molar-refractivity contribution in [2.45, 2.75) is 18.0 Å². The van der Waals surface area contributed by atoms with Crippen LogP contribution in [0.5, 0.6) is 0 Å². The maximum absolute atomic E-state index is 12.5. The molecule has 25 heavy (non-hydrogen) atoms. The summed E-state index contributed by atoms with van der Waals surface area (Å²) >= 11 is 1.61. The molecule has 2 N–H and O–H groups in total. The molecule has 0 bridgehead atoms. The molecule has 0 saturated carbocycles. The maximum atomic E-state index is 12.5. The molecule has 0 aliphatic rings. The average molecular weight is 357 g/mol. The summed E-state index contributed by atoms with van der Waals surface area (Å²) in [5.41, 5.74) is 0.843. The van der Waals surface area contributed by atoms with Gasteiger partial charge in [0.15, 0.2) is 18.1 Å². The number of hydrogen-bond acceptors (Lipinski definition) is 4. The SMILES string of the molecule is CSc1ccccc1NC(=O)C[NH+](Cc1ccco1)Cc1ccco1. The van der Waals surface area contributed by atoms with Crippen LogP contribution in [0.3, 0.4) is 0 Å². The van der Waals surface area contributed by atoms with E-state index in [0.29, 0.717) is 19.6 Å². The second-order valence-corrected chi connectivity index (χ2v) is 6.54. The normalized spacial score (nSPS) is 11.0. The van der Waals surface area contributed by atoms with Crippen LogP contribution in [0.15, 0.2) is 74.8 Å². The van der Waals surface area contributed by atoms with Gasteiger partial charge in [-0.1, -0.05) is 12.1 Å². The topological polar surface area (TPSA) is 59.8 Å². The number of benzene rings is 1. The third-order valence-electron chi connectivity index (χ3n) is 3.80. The molecule has 130 valence electrons. The van der Waals surface area contributed by atoms with Crippen LogP contribution in [0.4, 0.5) is 5.69 Å². The molecular weight excluding hydrogens is 336 g/mol. The maximum Gasteiger partial charge on any atom is 0.279 e. The first-order chi connectivity index (χ1) is 12.2. The number of hydrogen-bond donors (Lipinski definition) is 2. The lowest BCUT2D eigenvalue weighted by Crippen LogP contribution is -3.10. The van der Waals surface area contributed by atoms with E-state index in [1.807, 2.05) is 54.8 Å². The molecule has 5 nitrogen and oxygen atoms in total. The zero-order chi connectivity index (χ0) is 17.5. The summed E-state index contributed by atoms with van der Waals surface area (Å²) < 4.78 is 10.9. The van der Waals surface area contributed by atoms with Gasteiger partial charge in [-0.15, -0.1) is 11.8 Å². The summed E-state index contributed by atoms with van der Waals surface area (Å²) in [5.74, 6) is 1.66. The number of furan rings is 2. The van der Waals surface area contributed by atoms with Crippen molar-refractivity contribution < 1.29 is 18.5 Å². The highest BCUT2D eigenvalue weighted by atomic mass is 32.2. The fraction of sp³-hybridized carbons (Fsp3) is 0.211. The van der Waals surface area contributed by atoms with Crippen LogP contribution < -0.4 is 10.2 Å². The van der Waals surface area contributed by atoms with Crippen LogP contribution in [0.2, 0.25) is 0 Å². The number of nitrogens with one attached hydrogen (secondary N) is 2. The number of amides is 1. The molecule has 6 heteroatoms. The Labute approximate surface area is 151 Å². The predicted octanol–water partition coefficient (Wildman–Crippen LogP) is 2.82. The number of para-hydroxylation sites is 1. The number of anilines is 1. The Kier molecular flexibility index (Phi) is 5.98. The lowest BCUT2D eigenvalue weighted by atomic mass is 10.3. The van der Waals surface area contributed by atoms with Crippen molar-refractivity contribution in [3.05, 3.63) is 72.6 Å². The summed E-state index contributed by atoms with van der Waals surface area (Å²) in [5, 5.41) is 3.01. The zero-order valence-corrected chi connectivity index (χ0v) is 14.8. The van der Waals surface area contributed by atoms with Crippen LogP contribution in [0.25, 0.3) is 0 Å². The minimum absolute atomic E-state index is 0.0328. The molecule has 0 atom stereocenters. The molecule has 3 aromatic rings. The molecule has 1 aromatic carbocycles. The Balaban J connectivity index is 1.67. The second kappa shape index (κ2) is 8.60. The van der Waals surface area contributed by atoms with E-state index in [-0.39, 0.29) is 5.91 Å². The Hall–Kier alpha value is -2.44. The van der Waals surface area contributed by atoms with Gasteiger partial charge >= 0.3 is 0 Å². The van der Waals surface area contributed by atoms with Crippen molar-refractivity contribution in [3.63, 3.8) is 0 Å². The van der Waals surface area contributed by atoms with E-state index in [4.69, 9.17) is 8.83 Å². The molecule has 0 saturated heterocycles. The van der Waals surface area contributed by atoms with E-state index in [1.165, 1.54) is 0 Å². The summed E-state index contributed by atoms with van der Waals surface area (Å²) in [6.45, 7) is 1.56. The summed E-state index contributed by atoms with van der Waals surface area (Å²) in [6.07, 6.45) is 5.29. The number of carbonyl (C=O) groups excluding carboxylic acids is 1. The lowest BCUT2D eigenvalue weighted by molar-refractivity contribution is -0.921. The van der Waals surface area contributed by atoms with E-state index in [2.05, 4.69) is 5.32 Å². The van der Waals surface area contributed by atoms with Gasteiger partial charge in [0.2, 0.25) is 0 Å². The van der Waals surface area contributed by atoms with Gasteiger partial charge in [0, 0.05) is 4.90 Å². The van der Waals surface area contributed by atoms with Crippen molar-refractivity contribution in [2.75, 3.05) is 18.1 Å². The van der Waals surface area contributed by atoms with Crippen molar-refractivity contribution in [1.82, 2.24) is 0 Å². The monoisotopic (exact) mass is 357 g/mol. The van der Waals surface area contributed by atoms with Gasteiger partial charge in [0.25, 0.3) is 5.91 Å². The van der Waals surface area contributed by atoms with Crippen LogP contribution in [-0.4, -0.2) is 18.7 Å². The van der Waals surface area contributed by atoms with Gasteiger partial charge in [-0.2, -0.15) is 0 Å². The van der Waals surface area contributed by atoms with Crippen LogP contribution in [-0.2, 0) is 17.9 Å². The minimum Gasteiger partial charge on any atom is -0.463 e. The highest BCUT2D eigenvalue weighted by Gasteiger charge is 2.19. The minimum atomic E-state index is -0.0328. The Morgan fingerprint density at radius 1 is 1.00 bits per heavy atom. The number of quaternary nitrogens is 1. The highest BCUT2D eigenvalue weighted by molar-refractivity contribution is 7.98. The van der Waals surface area contributed by atoms with Gasteiger partial charge in [0.1, 0.15) is 13.1 Å². The van der Waals surface area contributed by atoms with E-state index < -0.39 is 0 Å². The van der Waals surface area contributed by atoms with Crippen molar-refractivity contribution in [1.29, 1.82) is 0 Å². The van der Waals surface area contributed by atoms with Gasteiger partial charge in [0.05, 0.1) is 18.2 Å². The number of carbonyl (C=O) groups is 1. The zero-order valence-electron chi connectivity index (χ0n) is 14.0. The quantitative estimate of drug-likeness (QED) is 0.609. The van der Waals surface area contributed by atoms with E-state index >= 15 is 0 Å². The third-order valence-corrected chi connectivity index (χ3v) is 4.60. The Morgan fingerprint density at radius 3 is 2.20 bits per heavy atom.